The molecule has 0 radical (unpaired) electrons. The number of piperidine rings is 1. The second kappa shape index (κ2) is 5.26. The molecule has 0 aromatic rings. The van der Waals surface area contributed by atoms with E-state index in [1.807, 2.05) is 0 Å². The lowest BCUT2D eigenvalue weighted by Gasteiger charge is -2.48. The maximum atomic E-state index is 12.7. The minimum Gasteiger partial charge on any atom is -0.456 e. The molecule has 2 heterocycles. The van der Waals surface area contributed by atoms with Crippen LogP contribution in [0.2, 0.25) is 0 Å². The van der Waals surface area contributed by atoms with Gasteiger partial charge in [0.15, 0.2) is 11.7 Å². The Morgan fingerprint density at radius 2 is 2.09 bits per heavy atom. The average Bonchev–Trinajstić information content (AvgIpc) is 2.71. The van der Waals surface area contributed by atoms with E-state index in [-0.39, 0.29) is 11.7 Å². The van der Waals surface area contributed by atoms with Crippen LogP contribution in [0.4, 0.5) is 0 Å². The topological polar surface area (TPSA) is 90.7 Å². The zero-order chi connectivity index (χ0) is 16.0. The molecule has 3 N–H and O–H groups in total. The average molecular weight is 308 g/mol. The number of nitrogens with two attached hydrogens (primary N) is 1. The summed E-state index contributed by atoms with van der Waals surface area (Å²) in [7, 11) is 0. The standard InChI is InChI=1S/C16H24N2O4/c1-10-3-5-15(6-4-10)14(20)21-12-9-18-8-7-16(12,15)22-13(19)11(2)17/h10,12,18H,2-9,17H2,1H3. The third-order valence-corrected chi connectivity index (χ3v) is 5.64. The van der Waals surface area contributed by atoms with Gasteiger partial charge in [0.05, 0.1) is 0 Å². The largest absolute Gasteiger partial charge is 0.456 e. The van der Waals surface area contributed by atoms with Crippen molar-refractivity contribution in [3.8, 4) is 0 Å². The van der Waals surface area contributed by atoms with E-state index in [9.17, 15) is 9.59 Å². The van der Waals surface area contributed by atoms with Crippen molar-refractivity contribution >= 4 is 11.9 Å². The molecule has 3 rings (SSSR count). The molecule has 2 aliphatic heterocycles. The minimum atomic E-state index is -0.908. The maximum Gasteiger partial charge on any atom is 0.354 e. The normalized spacial score (nSPS) is 40.9. The van der Waals surface area contributed by atoms with E-state index < -0.39 is 23.1 Å². The van der Waals surface area contributed by atoms with E-state index in [1.54, 1.807) is 0 Å². The monoisotopic (exact) mass is 308 g/mol. The van der Waals surface area contributed by atoms with E-state index in [0.29, 0.717) is 38.3 Å². The molecule has 22 heavy (non-hydrogen) atoms. The predicted molar refractivity (Wildman–Crippen MR) is 79.6 cm³/mol. The molecular formula is C16H24N2O4. The van der Waals surface area contributed by atoms with Crippen molar-refractivity contribution in [3.63, 3.8) is 0 Å². The highest BCUT2D eigenvalue weighted by Crippen LogP contribution is 2.57. The SMILES string of the molecule is C=C(N)C(=O)OC12CCNCC1OC(=O)C21CCC(C)CC1. The lowest BCUT2D eigenvalue weighted by atomic mass is 9.59. The van der Waals surface area contributed by atoms with Gasteiger partial charge in [-0.3, -0.25) is 4.79 Å². The fraction of sp³-hybridized carbons (Fsp3) is 0.750. The molecule has 2 unspecified atom stereocenters. The van der Waals surface area contributed by atoms with Crippen LogP contribution >= 0.6 is 0 Å². The molecule has 1 spiro atoms. The fourth-order valence-electron chi connectivity index (χ4n) is 4.26. The van der Waals surface area contributed by atoms with Crippen LogP contribution in [-0.4, -0.2) is 36.7 Å². The highest BCUT2D eigenvalue weighted by Gasteiger charge is 2.70. The highest BCUT2D eigenvalue weighted by atomic mass is 16.6. The molecule has 6 nitrogen and oxygen atoms in total. The van der Waals surface area contributed by atoms with Crippen LogP contribution in [0.1, 0.15) is 39.0 Å². The van der Waals surface area contributed by atoms with Crippen molar-refractivity contribution in [1.29, 1.82) is 0 Å². The molecule has 1 saturated carbocycles. The van der Waals surface area contributed by atoms with Gasteiger partial charge in [0.2, 0.25) is 0 Å². The van der Waals surface area contributed by atoms with Gasteiger partial charge in [-0.25, -0.2) is 4.79 Å². The third-order valence-electron chi connectivity index (χ3n) is 5.64. The lowest BCUT2D eigenvalue weighted by Crippen LogP contribution is -2.62. The van der Waals surface area contributed by atoms with Crippen LogP contribution in [-0.2, 0) is 19.1 Å². The van der Waals surface area contributed by atoms with Gasteiger partial charge in [0.25, 0.3) is 0 Å². The van der Waals surface area contributed by atoms with E-state index in [1.165, 1.54) is 0 Å². The molecule has 0 bridgehead atoms. The fourth-order valence-corrected chi connectivity index (χ4v) is 4.26. The van der Waals surface area contributed by atoms with Crippen LogP contribution in [0.3, 0.4) is 0 Å². The molecule has 2 saturated heterocycles. The van der Waals surface area contributed by atoms with Gasteiger partial charge in [-0.15, -0.1) is 0 Å². The number of nitrogens with one attached hydrogen (secondary N) is 1. The van der Waals surface area contributed by atoms with Gasteiger partial charge in [0, 0.05) is 13.0 Å². The number of hydrogen-bond acceptors (Lipinski definition) is 6. The van der Waals surface area contributed by atoms with E-state index in [0.717, 1.165) is 12.8 Å². The van der Waals surface area contributed by atoms with E-state index in [4.69, 9.17) is 15.2 Å². The van der Waals surface area contributed by atoms with Crippen LogP contribution in [0.25, 0.3) is 0 Å². The zero-order valence-electron chi connectivity index (χ0n) is 13.0. The van der Waals surface area contributed by atoms with Crippen molar-refractivity contribution in [1.82, 2.24) is 5.32 Å². The van der Waals surface area contributed by atoms with Gasteiger partial charge in [-0.05, 0) is 38.1 Å². The van der Waals surface area contributed by atoms with Crippen LogP contribution in [0.5, 0.6) is 0 Å². The Morgan fingerprint density at radius 3 is 2.73 bits per heavy atom. The minimum absolute atomic E-state index is 0.134. The number of fused-ring (bicyclic) bond motifs is 2. The summed E-state index contributed by atoms with van der Waals surface area (Å²) in [5.41, 5.74) is 3.73. The number of rotatable bonds is 2. The van der Waals surface area contributed by atoms with Gasteiger partial charge in [0.1, 0.15) is 11.1 Å². The van der Waals surface area contributed by atoms with Crippen LogP contribution in [0.15, 0.2) is 12.3 Å². The molecule has 6 heteroatoms. The number of hydrogen-bond donors (Lipinski definition) is 2. The van der Waals surface area contributed by atoms with Crippen LogP contribution < -0.4 is 11.1 Å². The first-order chi connectivity index (χ1) is 10.4. The van der Waals surface area contributed by atoms with Gasteiger partial charge >= 0.3 is 11.9 Å². The first-order valence-electron chi connectivity index (χ1n) is 8.01. The summed E-state index contributed by atoms with van der Waals surface area (Å²) in [5, 5.41) is 3.21. The second-order valence-electron chi connectivity index (χ2n) is 6.92. The van der Waals surface area contributed by atoms with Crippen molar-refractivity contribution in [2.24, 2.45) is 17.1 Å². The van der Waals surface area contributed by atoms with E-state index >= 15 is 0 Å². The van der Waals surface area contributed by atoms with Crippen molar-refractivity contribution in [3.05, 3.63) is 12.3 Å². The highest BCUT2D eigenvalue weighted by molar-refractivity contribution is 5.89. The van der Waals surface area contributed by atoms with Gasteiger partial charge in [-0.2, -0.15) is 0 Å². The Hall–Kier alpha value is -1.56. The van der Waals surface area contributed by atoms with Crippen molar-refractivity contribution < 1.29 is 19.1 Å². The Morgan fingerprint density at radius 1 is 1.41 bits per heavy atom. The van der Waals surface area contributed by atoms with Gasteiger partial charge in [-0.1, -0.05) is 13.5 Å². The Balaban J connectivity index is 1.99. The molecule has 0 amide bonds. The maximum absolute atomic E-state index is 12.7. The first-order valence-corrected chi connectivity index (χ1v) is 8.01. The summed E-state index contributed by atoms with van der Waals surface area (Å²) in [4.78, 5) is 24.8. The first kappa shape index (κ1) is 15.3. The predicted octanol–water partition coefficient (Wildman–Crippen LogP) is 0.856. The van der Waals surface area contributed by atoms with Crippen LogP contribution in [0, 0.1) is 11.3 Å². The number of carbonyl (C=O) groups is 2. The number of ether oxygens (including phenoxy) is 2. The summed E-state index contributed by atoms with van der Waals surface area (Å²) in [6.45, 7) is 6.84. The summed E-state index contributed by atoms with van der Waals surface area (Å²) in [6.07, 6.45) is 3.42. The zero-order valence-corrected chi connectivity index (χ0v) is 13.0. The third kappa shape index (κ3) is 2.04. The van der Waals surface area contributed by atoms with E-state index in [2.05, 4.69) is 18.8 Å². The Labute approximate surface area is 130 Å². The second-order valence-corrected chi connectivity index (χ2v) is 6.92. The molecule has 1 aliphatic carbocycles. The lowest BCUT2D eigenvalue weighted by molar-refractivity contribution is -0.183. The Kier molecular flexibility index (Phi) is 3.67. The molecule has 2 atom stereocenters. The molecular weight excluding hydrogens is 284 g/mol. The number of esters is 2. The molecule has 3 aliphatic rings. The van der Waals surface area contributed by atoms with Crippen molar-refractivity contribution in [2.45, 2.75) is 50.7 Å². The summed E-state index contributed by atoms with van der Waals surface area (Å²) >= 11 is 0. The van der Waals surface area contributed by atoms with Gasteiger partial charge < -0.3 is 20.5 Å². The Bertz CT molecular complexity index is 510. The molecule has 3 fully saturated rings. The molecule has 122 valence electrons. The quantitative estimate of drug-likeness (QED) is 0.581. The summed E-state index contributed by atoms with van der Waals surface area (Å²) in [5.74, 6) is -0.275. The smallest absolute Gasteiger partial charge is 0.354 e. The summed E-state index contributed by atoms with van der Waals surface area (Å²) in [6, 6.07) is 0. The number of carbonyl (C=O) groups excluding carboxylic acids is 2. The molecule has 0 aromatic heterocycles. The summed E-state index contributed by atoms with van der Waals surface area (Å²) < 4.78 is 11.4. The molecule has 0 aromatic carbocycles. The van der Waals surface area contributed by atoms with Crippen molar-refractivity contribution in [2.75, 3.05) is 13.1 Å².